The van der Waals surface area contributed by atoms with E-state index in [4.69, 9.17) is 0 Å². The fraction of sp³-hybridized carbons (Fsp3) is 0.438. The fourth-order valence-electron chi connectivity index (χ4n) is 3.77. The number of fused-ring (bicyclic) bond motifs is 1. The van der Waals surface area contributed by atoms with Crippen LogP contribution in [0.15, 0.2) is 30.3 Å². The van der Waals surface area contributed by atoms with Crippen LogP contribution in [0.5, 0.6) is 0 Å². The van der Waals surface area contributed by atoms with Crippen LogP contribution in [-0.4, -0.2) is 66.5 Å². The molecule has 0 saturated carbocycles. The number of H-pyrrole nitrogens is 1. The number of nitrogens with one attached hydrogen (secondary N) is 2. The van der Waals surface area contributed by atoms with Crippen LogP contribution in [0.4, 0.5) is 0 Å². The summed E-state index contributed by atoms with van der Waals surface area (Å²) in [5.74, 6) is -0.972. The summed E-state index contributed by atoms with van der Waals surface area (Å²) in [7, 11) is -4.73. The third kappa shape index (κ3) is 3.28. The van der Waals surface area contributed by atoms with Crippen LogP contribution in [0.3, 0.4) is 0 Å². The monoisotopic (exact) mass is 438 g/mol. The molecule has 2 aromatic rings. The number of carbonyl (C=O) groups excluding carboxylic acids is 2. The molecule has 154 valence electrons. The Kier molecular flexibility index (Phi) is 4.63. The van der Waals surface area contributed by atoms with Gasteiger partial charge >= 0.3 is 0 Å². The van der Waals surface area contributed by atoms with Crippen molar-refractivity contribution < 1.29 is 22.6 Å². The Bertz CT molecular complexity index is 1040. The number of carbonyl (C=O) groups is 2. The molecule has 1 aromatic heterocycles. The van der Waals surface area contributed by atoms with E-state index in [1.165, 1.54) is 23.9 Å². The Labute approximate surface area is 170 Å². The van der Waals surface area contributed by atoms with E-state index in [2.05, 4.69) is 25.9 Å². The average molecular weight is 438 g/mol. The molecule has 3 N–H and O–H groups in total. The van der Waals surface area contributed by atoms with Crippen LogP contribution >= 0.6 is 11.8 Å². The Morgan fingerprint density at radius 1 is 1.34 bits per heavy atom. The summed E-state index contributed by atoms with van der Waals surface area (Å²) in [5.41, 5.74) is 0.111. The van der Waals surface area contributed by atoms with Gasteiger partial charge in [0.1, 0.15) is 17.5 Å². The number of amides is 2. The summed E-state index contributed by atoms with van der Waals surface area (Å²) in [5, 5.41) is 14.1. The van der Waals surface area contributed by atoms with Gasteiger partial charge in [-0.2, -0.15) is 13.6 Å². The lowest BCUT2D eigenvalue weighted by molar-refractivity contribution is -0.151. The molecule has 0 bridgehead atoms. The number of tetrazole rings is 1. The van der Waals surface area contributed by atoms with Crippen molar-refractivity contribution >= 4 is 33.7 Å². The van der Waals surface area contributed by atoms with Gasteiger partial charge in [-0.25, -0.2) is 0 Å². The van der Waals surface area contributed by atoms with E-state index in [0.717, 1.165) is 0 Å². The molecule has 2 aliphatic rings. The molecule has 3 unspecified atom stereocenters. The molecule has 3 heterocycles. The molecule has 2 amide bonds. The average Bonchev–Trinajstić information content (AvgIpc) is 3.23. The summed E-state index contributed by atoms with van der Waals surface area (Å²) in [6, 6.07) is 6.26. The lowest BCUT2D eigenvalue weighted by Crippen LogP contribution is -2.68. The van der Waals surface area contributed by atoms with Gasteiger partial charge in [-0.15, -0.1) is 22.0 Å². The number of β-lactam (4-membered cyclic amide) rings is 1. The molecule has 29 heavy (non-hydrogen) atoms. The molecular formula is C16H18N6O5S2. The van der Waals surface area contributed by atoms with E-state index in [1.807, 2.05) is 13.8 Å². The molecule has 2 fully saturated rings. The maximum Gasteiger partial charge on any atom is 0.281 e. The molecule has 0 aliphatic carbocycles. The van der Waals surface area contributed by atoms with Crippen molar-refractivity contribution in [2.24, 2.45) is 0 Å². The molecule has 0 radical (unpaired) electrons. The van der Waals surface area contributed by atoms with E-state index < -0.39 is 43.5 Å². The maximum atomic E-state index is 12.8. The van der Waals surface area contributed by atoms with Gasteiger partial charge in [0, 0.05) is 4.75 Å². The number of hydrogen-bond acceptors (Lipinski definition) is 8. The quantitative estimate of drug-likeness (QED) is 0.433. The molecule has 4 rings (SSSR count). The summed E-state index contributed by atoms with van der Waals surface area (Å²) < 4.78 is 32.8. The van der Waals surface area contributed by atoms with Gasteiger partial charge in [-0.05, 0) is 19.4 Å². The molecule has 1 aromatic carbocycles. The first kappa shape index (κ1) is 19.8. The van der Waals surface area contributed by atoms with Crippen LogP contribution in [0.2, 0.25) is 0 Å². The Morgan fingerprint density at radius 2 is 2.03 bits per heavy atom. The Morgan fingerprint density at radius 3 is 2.62 bits per heavy atom. The molecule has 11 nitrogen and oxygen atoms in total. The van der Waals surface area contributed by atoms with Gasteiger partial charge in [0.05, 0.1) is 0 Å². The maximum absolute atomic E-state index is 12.8. The van der Waals surface area contributed by atoms with Crippen molar-refractivity contribution in [1.82, 2.24) is 30.8 Å². The molecular weight excluding hydrogens is 420 g/mol. The SMILES string of the molecule is CC1(C)S[C@H]2C(NC(=O)C(c3ccccc3)S(=O)(=O)O)C(=O)N2C1c1nn[nH]n1. The number of aromatic amines is 1. The van der Waals surface area contributed by atoms with Gasteiger partial charge in [0.25, 0.3) is 10.1 Å². The minimum Gasteiger partial charge on any atom is -0.340 e. The third-order valence-electron chi connectivity index (χ3n) is 4.98. The van der Waals surface area contributed by atoms with Gasteiger partial charge in [-0.3, -0.25) is 14.1 Å². The van der Waals surface area contributed by atoms with Crippen LogP contribution in [0.25, 0.3) is 0 Å². The Balaban J connectivity index is 1.57. The van der Waals surface area contributed by atoms with Gasteiger partial charge < -0.3 is 10.2 Å². The summed E-state index contributed by atoms with van der Waals surface area (Å²) in [4.78, 5) is 27.1. The minimum absolute atomic E-state index is 0.111. The zero-order chi connectivity index (χ0) is 21.0. The van der Waals surface area contributed by atoms with E-state index in [9.17, 15) is 22.6 Å². The predicted octanol–water partition coefficient (Wildman–Crippen LogP) is 0.0484. The molecule has 4 atom stereocenters. The second-order valence-electron chi connectivity index (χ2n) is 7.32. The summed E-state index contributed by atoms with van der Waals surface area (Å²) in [6.07, 6.45) is 0. The van der Waals surface area contributed by atoms with E-state index >= 15 is 0 Å². The fourth-order valence-corrected chi connectivity index (χ4v) is 6.23. The molecule has 2 saturated heterocycles. The number of rotatable bonds is 5. The lowest BCUT2D eigenvalue weighted by Gasteiger charge is -2.44. The number of thioether (sulfide) groups is 1. The first-order chi connectivity index (χ1) is 13.6. The van der Waals surface area contributed by atoms with Crippen molar-refractivity contribution in [1.29, 1.82) is 0 Å². The van der Waals surface area contributed by atoms with Crippen molar-refractivity contribution in [3.63, 3.8) is 0 Å². The first-order valence-corrected chi connectivity index (χ1v) is 11.0. The zero-order valence-electron chi connectivity index (χ0n) is 15.4. The van der Waals surface area contributed by atoms with Crippen molar-refractivity contribution in [3.05, 3.63) is 41.7 Å². The van der Waals surface area contributed by atoms with Crippen molar-refractivity contribution in [3.8, 4) is 0 Å². The number of hydrogen-bond donors (Lipinski definition) is 3. The van der Waals surface area contributed by atoms with Crippen molar-refractivity contribution in [2.75, 3.05) is 0 Å². The zero-order valence-corrected chi connectivity index (χ0v) is 17.0. The van der Waals surface area contributed by atoms with Gasteiger partial charge in [0.15, 0.2) is 11.1 Å². The number of benzene rings is 1. The third-order valence-corrected chi connectivity index (χ3v) is 7.64. The standard InChI is InChI=1S/C16H18N6O5S2/c1-16(2)11(12-18-20-21-19-12)22-14(24)9(15(22)28-16)17-13(23)10(29(25,26)27)8-6-4-3-5-7-8/h3-7,9-11,15H,1-2H3,(H,17,23)(H,25,26,27)(H,18,19,20,21)/t9?,10?,11?,15-/m0/s1. The van der Waals surface area contributed by atoms with Gasteiger partial charge in [-0.1, -0.05) is 35.5 Å². The topological polar surface area (TPSA) is 158 Å². The second-order valence-corrected chi connectivity index (χ2v) is 10.6. The summed E-state index contributed by atoms with van der Waals surface area (Å²) in [6.45, 7) is 3.85. The van der Waals surface area contributed by atoms with Crippen LogP contribution in [0.1, 0.15) is 36.5 Å². The highest BCUT2D eigenvalue weighted by atomic mass is 32.2. The van der Waals surface area contributed by atoms with Crippen LogP contribution < -0.4 is 5.32 Å². The normalized spacial score (nSPS) is 26.5. The second kappa shape index (κ2) is 6.78. The van der Waals surface area contributed by atoms with E-state index in [1.54, 1.807) is 23.1 Å². The highest BCUT2D eigenvalue weighted by molar-refractivity contribution is 8.01. The molecule has 0 spiro atoms. The van der Waals surface area contributed by atoms with E-state index in [-0.39, 0.29) is 11.5 Å². The molecule has 13 heteroatoms. The van der Waals surface area contributed by atoms with Gasteiger partial charge in [0.2, 0.25) is 11.8 Å². The van der Waals surface area contributed by atoms with E-state index in [0.29, 0.717) is 5.82 Å². The smallest absolute Gasteiger partial charge is 0.281 e. The predicted molar refractivity (Wildman–Crippen MR) is 102 cm³/mol. The number of aromatic nitrogens is 4. The largest absolute Gasteiger partial charge is 0.340 e. The number of nitrogens with zero attached hydrogens (tertiary/aromatic N) is 4. The molecule has 2 aliphatic heterocycles. The summed E-state index contributed by atoms with van der Waals surface area (Å²) >= 11 is 1.45. The highest BCUT2D eigenvalue weighted by Crippen LogP contribution is 2.56. The Hall–Kier alpha value is -2.51. The lowest BCUT2D eigenvalue weighted by atomic mass is 9.95. The van der Waals surface area contributed by atoms with Crippen LogP contribution in [-0.2, 0) is 19.7 Å². The first-order valence-electron chi connectivity index (χ1n) is 8.66. The minimum atomic E-state index is -4.73. The van der Waals surface area contributed by atoms with Crippen LogP contribution in [0, 0.1) is 0 Å². The van der Waals surface area contributed by atoms with Crippen molar-refractivity contribution in [2.45, 2.75) is 41.3 Å². The highest BCUT2D eigenvalue weighted by Gasteiger charge is 2.63.